The number of aromatic nitrogens is 2. The van der Waals surface area contributed by atoms with E-state index in [1.807, 2.05) is 27.0 Å². The van der Waals surface area contributed by atoms with E-state index in [-0.39, 0.29) is 17.2 Å². The maximum atomic E-state index is 13.7. The van der Waals surface area contributed by atoms with Gasteiger partial charge in [0.15, 0.2) is 0 Å². The Balaban J connectivity index is 1.35. The van der Waals surface area contributed by atoms with Crippen LogP contribution in [0.3, 0.4) is 0 Å². The highest BCUT2D eigenvalue weighted by atomic mass is 16.5. The molecule has 2 N–H and O–H groups in total. The van der Waals surface area contributed by atoms with Crippen LogP contribution < -0.4 is 5.32 Å². The van der Waals surface area contributed by atoms with Crippen LogP contribution in [0.25, 0.3) is 0 Å². The number of ether oxygens (including phenoxy) is 1. The van der Waals surface area contributed by atoms with Crippen LogP contribution in [0, 0.1) is 47.3 Å². The summed E-state index contributed by atoms with van der Waals surface area (Å²) in [7, 11) is 1.90. The van der Waals surface area contributed by atoms with Gasteiger partial charge < -0.3 is 15.2 Å². The molecule has 4 aliphatic rings. The van der Waals surface area contributed by atoms with Crippen molar-refractivity contribution in [3.05, 3.63) is 11.8 Å². The number of amides is 1. The first-order valence-electron chi connectivity index (χ1n) is 14.8. The predicted octanol–water partition coefficient (Wildman–Crippen LogP) is 5.87. The molecule has 0 aromatic carbocycles. The molecule has 0 aliphatic heterocycles. The van der Waals surface area contributed by atoms with E-state index in [0.717, 1.165) is 56.0 Å². The number of aryl methyl sites for hydroxylation is 2. The second kappa shape index (κ2) is 9.72. The van der Waals surface area contributed by atoms with Crippen molar-refractivity contribution in [1.29, 1.82) is 0 Å². The van der Waals surface area contributed by atoms with Gasteiger partial charge in [-0.3, -0.25) is 9.48 Å². The summed E-state index contributed by atoms with van der Waals surface area (Å²) >= 11 is 0. The summed E-state index contributed by atoms with van der Waals surface area (Å²) in [6.45, 7) is 9.99. The molecular weight excluding hydrogens is 450 g/mol. The van der Waals surface area contributed by atoms with Gasteiger partial charge in [0.05, 0.1) is 17.9 Å². The van der Waals surface area contributed by atoms with Gasteiger partial charge >= 0.3 is 0 Å². The van der Waals surface area contributed by atoms with Crippen LogP contribution in [-0.2, 0) is 16.6 Å². The van der Waals surface area contributed by atoms with Gasteiger partial charge in [0, 0.05) is 25.6 Å². The van der Waals surface area contributed by atoms with E-state index in [1.165, 1.54) is 32.1 Å². The van der Waals surface area contributed by atoms with Crippen molar-refractivity contribution >= 4 is 11.7 Å². The molecule has 5 rings (SSSR count). The first-order valence-corrected chi connectivity index (χ1v) is 14.8. The van der Waals surface area contributed by atoms with Gasteiger partial charge in [0.25, 0.3) is 0 Å². The summed E-state index contributed by atoms with van der Waals surface area (Å²) in [5, 5.41) is 19.0. The summed E-state index contributed by atoms with van der Waals surface area (Å²) in [6, 6.07) is 1.97. The number of rotatable bonds is 6. The highest BCUT2D eigenvalue weighted by Gasteiger charge is 2.62. The van der Waals surface area contributed by atoms with Gasteiger partial charge in [-0.1, -0.05) is 20.3 Å². The Bertz CT molecular complexity index is 961. The number of carbonyl (C=O) groups excluding carboxylic acids is 1. The standard InChI is InChI=1S/C30H49N3O3/c1-6-30-16-15-29(35,19-36-7-2)18-21(30)11-12-22-23-9-8-10-25(28(23,4)14-13-24(22)30)27(34)31-26-17-20(3)32-33(26)5/h17,21-25,35H,6-16,18-19H2,1-5H3,(H,31,34)/t21-,22+,23+,24+,25-,28+,29-,30+/m1/s1. The summed E-state index contributed by atoms with van der Waals surface area (Å²) < 4.78 is 7.49. The lowest BCUT2D eigenvalue weighted by Crippen LogP contribution is -2.60. The lowest BCUT2D eigenvalue weighted by molar-refractivity contribution is -0.185. The SMILES string of the molecule is CCOC[C@@]1(O)CC[C@@]2(CC)[C@H](CC[C@H]3[C@@H]4CCC[C@H](C(=O)Nc5cc(C)nn5C)[C@@]4(C)CC[C@@H]32)C1. The number of nitrogens with zero attached hydrogens (tertiary/aromatic N) is 2. The Morgan fingerprint density at radius 3 is 2.67 bits per heavy atom. The van der Waals surface area contributed by atoms with E-state index in [4.69, 9.17) is 4.74 Å². The van der Waals surface area contributed by atoms with E-state index in [2.05, 4.69) is 24.3 Å². The quantitative estimate of drug-likeness (QED) is 0.513. The number of nitrogens with one attached hydrogen (secondary N) is 1. The maximum Gasteiger partial charge on any atom is 0.229 e. The van der Waals surface area contributed by atoms with Crippen LogP contribution in [0.1, 0.15) is 97.1 Å². The van der Waals surface area contributed by atoms with E-state index < -0.39 is 5.60 Å². The number of carbonyl (C=O) groups is 1. The number of hydrogen-bond donors (Lipinski definition) is 2. The lowest BCUT2D eigenvalue weighted by Gasteiger charge is -2.65. The Hall–Kier alpha value is -1.40. The Labute approximate surface area is 217 Å². The van der Waals surface area contributed by atoms with Crippen LogP contribution in [0.15, 0.2) is 6.07 Å². The molecule has 4 fully saturated rings. The first kappa shape index (κ1) is 26.2. The topological polar surface area (TPSA) is 76.4 Å². The smallest absolute Gasteiger partial charge is 0.229 e. The van der Waals surface area contributed by atoms with Crippen molar-refractivity contribution in [2.45, 2.75) is 104 Å². The largest absolute Gasteiger partial charge is 0.387 e. The zero-order valence-electron chi connectivity index (χ0n) is 23.3. The summed E-state index contributed by atoms with van der Waals surface area (Å²) in [4.78, 5) is 13.7. The van der Waals surface area contributed by atoms with Crippen LogP contribution in [0.5, 0.6) is 0 Å². The Morgan fingerprint density at radius 2 is 1.97 bits per heavy atom. The average molecular weight is 500 g/mol. The van der Waals surface area contributed by atoms with Gasteiger partial charge in [-0.05, 0) is 113 Å². The fourth-order valence-electron chi connectivity index (χ4n) is 9.83. The maximum absolute atomic E-state index is 13.7. The minimum absolute atomic E-state index is 0.0727. The van der Waals surface area contributed by atoms with Crippen molar-refractivity contribution in [1.82, 2.24) is 9.78 Å². The van der Waals surface area contributed by atoms with E-state index in [9.17, 15) is 9.90 Å². The second-order valence-corrected chi connectivity index (χ2v) is 13.1. The highest BCUT2D eigenvalue weighted by molar-refractivity contribution is 5.92. The third-order valence-corrected chi connectivity index (χ3v) is 11.6. The van der Waals surface area contributed by atoms with Crippen LogP contribution >= 0.6 is 0 Å². The molecule has 6 nitrogen and oxygen atoms in total. The molecule has 1 heterocycles. The van der Waals surface area contributed by atoms with Gasteiger partial charge in [-0.2, -0.15) is 5.10 Å². The van der Waals surface area contributed by atoms with Crippen LogP contribution in [-0.4, -0.2) is 39.6 Å². The normalized spacial score (nSPS) is 42.2. The number of aliphatic hydroxyl groups is 1. The first-order chi connectivity index (χ1) is 17.2. The van der Waals surface area contributed by atoms with Gasteiger partial charge in [-0.15, -0.1) is 0 Å². The van der Waals surface area contributed by atoms with Crippen molar-refractivity contribution in [3.63, 3.8) is 0 Å². The fraction of sp³-hybridized carbons (Fsp3) is 0.867. The van der Waals surface area contributed by atoms with Crippen LogP contribution in [0.2, 0.25) is 0 Å². The molecule has 1 amide bonds. The number of anilines is 1. The monoisotopic (exact) mass is 499 g/mol. The molecule has 4 saturated carbocycles. The minimum Gasteiger partial charge on any atom is -0.387 e. The molecule has 8 atom stereocenters. The molecule has 202 valence electrons. The summed E-state index contributed by atoms with van der Waals surface area (Å²) in [6.07, 6.45) is 12.4. The summed E-state index contributed by atoms with van der Waals surface area (Å²) in [5.41, 5.74) is 0.712. The predicted molar refractivity (Wildman–Crippen MR) is 142 cm³/mol. The van der Waals surface area contributed by atoms with Crippen molar-refractivity contribution in [2.75, 3.05) is 18.5 Å². The van der Waals surface area contributed by atoms with E-state index >= 15 is 0 Å². The fourth-order valence-corrected chi connectivity index (χ4v) is 9.83. The van der Waals surface area contributed by atoms with Crippen LogP contribution in [0.4, 0.5) is 5.82 Å². The Morgan fingerprint density at radius 1 is 1.17 bits per heavy atom. The zero-order chi connectivity index (χ0) is 25.7. The molecule has 1 aromatic rings. The molecule has 6 heteroatoms. The van der Waals surface area contributed by atoms with Gasteiger partial charge in [0.1, 0.15) is 5.82 Å². The van der Waals surface area contributed by atoms with Gasteiger partial charge in [-0.25, -0.2) is 0 Å². The molecule has 0 unspecified atom stereocenters. The van der Waals surface area contributed by atoms with E-state index in [1.54, 1.807) is 4.68 Å². The molecule has 0 saturated heterocycles. The van der Waals surface area contributed by atoms with Crippen molar-refractivity contribution in [3.8, 4) is 0 Å². The van der Waals surface area contributed by atoms with E-state index in [0.29, 0.717) is 36.4 Å². The minimum atomic E-state index is -0.645. The second-order valence-electron chi connectivity index (χ2n) is 13.1. The highest BCUT2D eigenvalue weighted by Crippen LogP contribution is 2.68. The summed E-state index contributed by atoms with van der Waals surface area (Å²) in [5.74, 6) is 3.76. The molecule has 4 aliphatic carbocycles. The third kappa shape index (κ3) is 4.24. The number of hydrogen-bond acceptors (Lipinski definition) is 4. The molecule has 0 radical (unpaired) electrons. The lowest BCUT2D eigenvalue weighted by atomic mass is 9.40. The third-order valence-electron chi connectivity index (χ3n) is 11.6. The Kier molecular flexibility index (Phi) is 7.08. The van der Waals surface area contributed by atoms with Crippen molar-refractivity contribution in [2.24, 2.45) is 47.5 Å². The zero-order valence-corrected chi connectivity index (χ0v) is 23.3. The molecule has 36 heavy (non-hydrogen) atoms. The molecular formula is C30H49N3O3. The van der Waals surface area contributed by atoms with Crippen molar-refractivity contribution < 1.29 is 14.6 Å². The molecule has 1 aromatic heterocycles. The van der Waals surface area contributed by atoms with Gasteiger partial charge in [0.2, 0.25) is 5.91 Å². The molecule has 0 spiro atoms. The number of fused-ring (bicyclic) bond motifs is 5. The average Bonchev–Trinajstić information content (AvgIpc) is 3.17. The molecule has 0 bridgehead atoms.